The van der Waals surface area contributed by atoms with Crippen molar-refractivity contribution in [2.45, 2.75) is 6.92 Å². The van der Waals surface area contributed by atoms with Crippen molar-refractivity contribution in [2.75, 3.05) is 25.0 Å². The molecule has 0 spiro atoms. The number of nitrogens with zero attached hydrogens (tertiary/aromatic N) is 1. The summed E-state index contributed by atoms with van der Waals surface area (Å²) in [5.41, 5.74) is 0.887. The molecule has 0 aliphatic carbocycles. The number of aliphatic carboxylic acids is 1. The molecule has 2 atom stereocenters. The van der Waals surface area contributed by atoms with Crippen LogP contribution in [0.25, 0.3) is 0 Å². The van der Waals surface area contributed by atoms with Crippen molar-refractivity contribution in [3.63, 3.8) is 0 Å². The molecule has 1 saturated heterocycles. The maximum atomic E-state index is 12.0. The average molecular weight is 262 g/mol. The molecule has 1 heterocycles. The predicted molar refractivity (Wildman–Crippen MR) is 71.8 cm³/mol. The number of para-hydroxylation sites is 1. The SMILES string of the molecule is C[C@@H]1CN(C(=O)CNc2ccccc2)C[C@H]1C(=O)O. The lowest BCUT2D eigenvalue weighted by molar-refractivity contribution is -0.142. The summed E-state index contributed by atoms with van der Waals surface area (Å²) in [6.45, 7) is 2.90. The van der Waals surface area contributed by atoms with Crippen LogP contribution in [-0.4, -0.2) is 41.5 Å². The lowest BCUT2D eigenvalue weighted by atomic mass is 9.99. The van der Waals surface area contributed by atoms with Crippen LogP contribution < -0.4 is 5.32 Å². The topological polar surface area (TPSA) is 69.6 Å². The fraction of sp³-hybridized carbons (Fsp3) is 0.429. The van der Waals surface area contributed by atoms with Crippen LogP contribution in [0.15, 0.2) is 30.3 Å². The number of nitrogens with one attached hydrogen (secondary N) is 1. The summed E-state index contributed by atoms with van der Waals surface area (Å²) in [5, 5.41) is 12.1. The molecule has 1 fully saturated rings. The zero-order chi connectivity index (χ0) is 13.8. The Hall–Kier alpha value is -2.04. The Balaban J connectivity index is 1.86. The standard InChI is InChI=1S/C14H18N2O3/c1-10-8-16(9-12(10)14(18)19)13(17)7-15-11-5-3-2-4-6-11/h2-6,10,12,15H,7-9H2,1H3,(H,18,19)/t10-,12-/m1/s1. The van der Waals surface area contributed by atoms with Gasteiger partial charge < -0.3 is 15.3 Å². The molecule has 5 nitrogen and oxygen atoms in total. The molecule has 1 aliphatic rings. The lowest BCUT2D eigenvalue weighted by Gasteiger charge is -2.16. The molecule has 0 aromatic heterocycles. The van der Waals surface area contributed by atoms with E-state index in [0.717, 1.165) is 5.69 Å². The van der Waals surface area contributed by atoms with Crippen LogP contribution in [0.2, 0.25) is 0 Å². The number of amides is 1. The second-order valence-electron chi connectivity index (χ2n) is 4.94. The largest absolute Gasteiger partial charge is 0.481 e. The monoisotopic (exact) mass is 262 g/mol. The van der Waals surface area contributed by atoms with E-state index in [9.17, 15) is 9.59 Å². The van der Waals surface area contributed by atoms with Crippen molar-refractivity contribution in [2.24, 2.45) is 11.8 Å². The van der Waals surface area contributed by atoms with Gasteiger partial charge in [-0.15, -0.1) is 0 Å². The number of hydrogen-bond donors (Lipinski definition) is 2. The maximum Gasteiger partial charge on any atom is 0.308 e. The van der Waals surface area contributed by atoms with E-state index in [1.54, 1.807) is 4.90 Å². The number of likely N-dealkylation sites (tertiary alicyclic amines) is 1. The molecular weight excluding hydrogens is 244 g/mol. The van der Waals surface area contributed by atoms with Gasteiger partial charge in [-0.3, -0.25) is 9.59 Å². The molecule has 19 heavy (non-hydrogen) atoms. The fourth-order valence-corrected chi connectivity index (χ4v) is 2.34. The summed E-state index contributed by atoms with van der Waals surface area (Å²) in [5.74, 6) is -1.31. The molecule has 0 saturated carbocycles. The van der Waals surface area contributed by atoms with Gasteiger partial charge in [0.15, 0.2) is 0 Å². The quantitative estimate of drug-likeness (QED) is 0.857. The van der Waals surface area contributed by atoms with Gasteiger partial charge in [-0.25, -0.2) is 0 Å². The fourth-order valence-electron chi connectivity index (χ4n) is 2.34. The number of carbonyl (C=O) groups excluding carboxylic acids is 1. The summed E-state index contributed by atoms with van der Waals surface area (Å²) in [4.78, 5) is 24.6. The Morgan fingerprint density at radius 1 is 1.32 bits per heavy atom. The van der Waals surface area contributed by atoms with Gasteiger partial charge in [0.25, 0.3) is 0 Å². The number of rotatable bonds is 4. The Morgan fingerprint density at radius 3 is 2.58 bits per heavy atom. The highest BCUT2D eigenvalue weighted by molar-refractivity contribution is 5.82. The van der Waals surface area contributed by atoms with E-state index in [1.807, 2.05) is 37.3 Å². The van der Waals surface area contributed by atoms with E-state index in [1.165, 1.54) is 0 Å². The molecule has 0 bridgehead atoms. The Bertz CT molecular complexity index is 461. The predicted octanol–water partition coefficient (Wildman–Crippen LogP) is 1.28. The highest BCUT2D eigenvalue weighted by atomic mass is 16.4. The van der Waals surface area contributed by atoms with Gasteiger partial charge in [0, 0.05) is 18.8 Å². The van der Waals surface area contributed by atoms with Gasteiger partial charge in [0.2, 0.25) is 5.91 Å². The lowest BCUT2D eigenvalue weighted by Crippen LogP contribution is -2.34. The third kappa shape index (κ3) is 3.24. The molecule has 1 aliphatic heterocycles. The van der Waals surface area contributed by atoms with Crippen molar-refractivity contribution in [3.8, 4) is 0 Å². The van der Waals surface area contributed by atoms with Crippen LogP contribution in [-0.2, 0) is 9.59 Å². The van der Waals surface area contributed by atoms with E-state index in [2.05, 4.69) is 5.32 Å². The Morgan fingerprint density at radius 2 is 2.00 bits per heavy atom. The normalized spacial score (nSPS) is 22.3. The number of carbonyl (C=O) groups is 2. The van der Waals surface area contributed by atoms with E-state index in [-0.39, 0.29) is 18.4 Å². The van der Waals surface area contributed by atoms with E-state index in [4.69, 9.17) is 5.11 Å². The van der Waals surface area contributed by atoms with E-state index >= 15 is 0 Å². The molecular formula is C14H18N2O3. The minimum Gasteiger partial charge on any atom is -0.481 e. The summed E-state index contributed by atoms with van der Waals surface area (Å²) >= 11 is 0. The molecule has 1 amide bonds. The first kappa shape index (κ1) is 13.4. The Labute approximate surface area is 112 Å². The van der Waals surface area contributed by atoms with E-state index in [0.29, 0.717) is 13.1 Å². The van der Waals surface area contributed by atoms with Gasteiger partial charge in [0.1, 0.15) is 0 Å². The number of carboxylic acids is 1. The minimum atomic E-state index is -0.821. The molecule has 5 heteroatoms. The van der Waals surface area contributed by atoms with Crippen molar-refractivity contribution in [1.82, 2.24) is 4.90 Å². The Kier molecular flexibility index (Phi) is 4.04. The van der Waals surface area contributed by atoms with Crippen LogP contribution in [0.3, 0.4) is 0 Å². The van der Waals surface area contributed by atoms with Crippen molar-refractivity contribution in [1.29, 1.82) is 0 Å². The van der Waals surface area contributed by atoms with Crippen molar-refractivity contribution < 1.29 is 14.7 Å². The molecule has 102 valence electrons. The van der Waals surface area contributed by atoms with Gasteiger partial charge >= 0.3 is 5.97 Å². The number of anilines is 1. The molecule has 1 aromatic rings. The van der Waals surface area contributed by atoms with Crippen LogP contribution in [0.5, 0.6) is 0 Å². The first-order valence-corrected chi connectivity index (χ1v) is 6.37. The molecule has 2 rings (SSSR count). The van der Waals surface area contributed by atoms with Crippen molar-refractivity contribution >= 4 is 17.6 Å². The number of carboxylic acid groups (broad SMARTS) is 1. The second kappa shape index (κ2) is 5.73. The molecule has 2 N–H and O–H groups in total. The van der Waals surface area contributed by atoms with Gasteiger partial charge in [0.05, 0.1) is 12.5 Å². The van der Waals surface area contributed by atoms with Crippen LogP contribution in [0.1, 0.15) is 6.92 Å². The average Bonchev–Trinajstić information content (AvgIpc) is 2.79. The van der Waals surface area contributed by atoms with Gasteiger partial charge in [-0.2, -0.15) is 0 Å². The summed E-state index contributed by atoms with van der Waals surface area (Å²) in [6, 6.07) is 9.48. The second-order valence-corrected chi connectivity index (χ2v) is 4.94. The smallest absolute Gasteiger partial charge is 0.308 e. The zero-order valence-electron chi connectivity index (χ0n) is 10.9. The molecule has 0 radical (unpaired) electrons. The number of hydrogen-bond acceptors (Lipinski definition) is 3. The first-order valence-electron chi connectivity index (χ1n) is 6.37. The summed E-state index contributed by atoms with van der Waals surface area (Å²) in [6.07, 6.45) is 0. The summed E-state index contributed by atoms with van der Waals surface area (Å²) in [7, 11) is 0. The zero-order valence-corrected chi connectivity index (χ0v) is 10.9. The maximum absolute atomic E-state index is 12.0. The van der Waals surface area contributed by atoms with Crippen molar-refractivity contribution in [3.05, 3.63) is 30.3 Å². The highest BCUT2D eigenvalue weighted by Gasteiger charge is 2.36. The third-order valence-electron chi connectivity index (χ3n) is 3.50. The van der Waals surface area contributed by atoms with E-state index < -0.39 is 11.9 Å². The minimum absolute atomic E-state index is 0.0122. The third-order valence-corrected chi connectivity index (χ3v) is 3.50. The van der Waals surface area contributed by atoms with Crippen LogP contribution >= 0.6 is 0 Å². The van der Waals surface area contributed by atoms with Crippen LogP contribution in [0.4, 0.5) is 5.69 Å². The van der Waals surface area contributed by atoms with Gasteiger partial charge in [-0.05, 0) is 18.1 Å². The first-order chi connectivity index (χ1) is 9.08. The molecule has 1 aromatic carbocycles. The molecule has 0 unspecified atom stereocenters. The van der Waals surface area contributed by atoms with Gasteiger partial charge in [-0.1, -0.05) is 25.1 Å². The highest BCUT2D eigenvalue weighted by Crippen LogP contribution is 2.23. The van der Waals surface area contributed by atoms with Crippen LogP contribution in [0, 0.1) is 11.8 Å². The number of benzene rings is 1. The summed E-state index contributed by atoms with van der Waals surface area (Å²) < 4.78 is 0.